The van der Waals surface area contributed by atoms with Gasteiger partial charge in [-0.15, -0.1) is 0 Å². The molecular weight excluding hydrogens is 338 g/mol. The molecule has 1 amide bonds. The Morgan fingerprint density at radius 1 is 1.30 bits per heavy atom. The molecule has 0 unspecified atom stereocenters. The topological polar surface area (TPSA) is 75.4 Å². The Kier molecular flexibility index (Phi) is 5.07. The number of rotatable bonds is 5. The van der Waals surface area contributed by atoms with E-state index >= 15 is 0 Å². The molecule has 1 saturated heterocycles. The molecule has 27 heavy (non-hydrogen) atoms. The monoisotopic (exact) mass is 365 g/mol. The van der Waals surface area contributed by atoms with Gasteiger partial charge in [0.2, 0.25) is 5.91 Å². The van der Waals surface area contributed by atoms with Crippen LogP contribution < -0.4 is 5.73 Å². The number of hydrogen-bond donors (Lipinski definition) is 1. The number of amides is 1. The smallest absolute Gasteiger partial charge is 0.227 e. The molecule has 1 atom stereocenters. The summed E-state index contributed by atoms with van der Waals surface area (Å²) in [5.41, 5.74) is 9.77. The Hall–Kier alpha value is -2.47. The number of nitrogen functional groups attached to an aromatic ring is 1. The van der Waals surface area contributed by atoms with Gasteiger partial charge in [0.1, 0.15) is 11.6 Å². The lowest BCUT2D eigenvalue weighted by Crippen LogP contribution is -2.37. The summed E-state index contributed by atoms with van der Waals surface area (Å²) in [7, 11) is 2.06. The maximum Gasteiger partial charge on any atom is 0.227 e. The van der Waals surface area contributed by atoms with Crippen LogP contribution in [0.25, 0.3) is 0 Å². The van der Waals surface area contributed by atoms with E-state index in [2.05, 4.69) is 40.1 Å². The second-order valence-electron chi connectivity index (χ2n) is 7.73. The first-order valence-corrected chi connectivity index (χ1v) is 9.74. The largest absolute Gasteiger partial charge is 0.384 e. The van der Waals surface area contributed by atoms with Crippen LogP contribution in [-0.4, -0.2) is 51.9 Å². The highest BCUT2D eigenvalue weighted by Crippen LogP contribution is 2.24. The van der Waals surface area contributed by atoms with Gasteiger partial charge < -0.3 is 10.6 Å². The normalized spacial score (nSPS) is 18.9. The van der Waals surface area contributed by atoms with Gasteiger partial charge in [-0.05, 0) is 55.5 Å². The number of nitrogens with zero attached hydrogens (tertiary/aromatic N) is 4. The van der Waals surface area contributed by atoms with Crippen LogP contribution in [0.5, 0.6) is 0 Å². The summed E-state index contributed by atoms with van der Waals surface area (Å²) < 4.78 is 0. The summed E-state index contributed by atoms with van der Waals surface area (Å²) in [6.07, 6.45) is 6.74. The van der Waals surface area contributed by atoms with Crippen LogP contribution in [-0.2, 0) is 30.6 Å². The van der Waals surface area contributed by atoms with Gasteiger partial charge in [0.15, 0.2) is 0 Å². The first-order chi connectivity index (χ1) is 13.1. The van der Waals surface area contributed by atoms with E-state index in [1.165, 1.54) is 24.0 Å². The number of carbonyl (C=O) groups excluding carboxylic acids is 1. The number of aromatic nitrogens is 2. The van der Waals surface area contributed by atoms with Crippen molar-refractivity contribution in [2.45, 2.75) is 44.7 Å². The highest BCUT2D eigenvalue weighted by molar-refractivity contribution is 5.79. The number of fused-ring (bicyclic) bond motifs is 1. The van der Waals surface area contributed by atoms with Gasteiger partial charge in [-0.3, -0.25) is 9.69 Å². The molecule has 0 bridgehead atoms. The summed E-state index contributed by atoms with van der Waals surface area (Å²) in [6, 6.07) is 8.59. The molecular formula is C21H27N5O. The fourth-order valence-electron chi connectivity index (χ4n) is 4.19. The van der Waals surface area contributed by atoms with Crippen LogP contribution in [0.15, 0.2) is 30.5 Å². The van der Waals surface area contributed by atoms with E-state index in [0.29, 0.717) is 24.8 Å². The molecule has 6 nitrogen and oxygen atoms in total. The third kappa shape index (κ3) is 4.11. The first kappa shape index (κ1) is 17.9. The van der Waals surface area contributed by atoms with Gasteiger partial charge in [-0.1, -0.05) is 18.2 Å². The van der Waals surface area contributed by atoms with E-state index in [1.807, 2.05) is 4.90 Å². The highest BCUT2D eigenvalue weighted by Gasteiger charge is 2.29. The molecule has 1 aromatic heterocycles. The van der Waals surface area contributed by atoms with Crippen LogP contribution >= 0.6 is 0 Å². The van der Waals surface area contributed by atoms with Crippen molar-refractivity contribution >= 4 is 11.7 Å². The van der Waals surface area contributed by atoms with Crippen molar-refractivity contribution < 1.29 is 4.79 Å². The Labute approximate surface area is 160 Å². The van der Waals surface area contributed by atoms with E-state index in [-0.39, 0.29) is 5.91 Å². The lowest BCUT2D eigenvalue weighted by Gasteiger charge is -2.24. The minimum Gasteiger partial charge on any atom is -0.384 e. The molecule has 1 aliphatic carbocycles. The minimum atomic E-state index is 0.226. The quantitative estimate of drug-likeness (QED) is 0.875. The second kappa shape index (κ2) is 7.64. The van der Waals surface area contributed by atoms with Crippen LogP contribution in [0.3, 0.4) is 0 Å². The number of likely N-dealkylation sites (N-methyl/N-ethyl adjacent to an activating group) is 1. The number of likely N-dealkylation sites (tertiary alicyclic amines) is 1. The molecule has 0 radical (unpaired) electrons. The number of benzene rings is 1. The Bertz CT molecular complexity index is 837. The average Bonchev–Trinajstić information content (AvgIpc) is 3.31. The van der Waals surface area contributed by atoms with Gasteiger partial charge in [0.05, 0.1) is 13.0 Å². The molecule has 2 heterocycles. The lowest BCUT2D eigenvalue weighted by molar-refractivity contribution is -0.129. The van der Waals surface area contributed by atoms with Gasteiger partial charge in [-0.25, -0.2) is 9.97 Å². The lowest BCUT2D eigenvalue weighted by atomic mass is 10.0. The molecule has 6 heteroatoms. The minimum absolute atomic E-state index is 0.226. The number of anilines is 1. The molecule has 2 N–H and O–H groups in total. The maximum atomic E-state index is 12.8. The third-order valence-electron chi connectivity index (χ3n) is 5.78. The zero-order valence-corrected chi connectivity index (χ0v) is 15.9. The molecule has 2 aliphatic rings. The number of carbonyl (C=O) groups is 1. The Morgan fingerprint density at radius 2 is 2.15 bits per heavy atom. The van der Waals surface area contributed by atoms with E-state index in [1.54, 1.807) is 12.3 Å². The predicted octanol–water partition coefficient (Wildman–Crippen LogP) is 1.82. The molecule has 4 rings (SSSR count). The standard InChI is InChI=1S/C21H27N5O/c1-25(14-20-23-9-7-19(22)24-20)18-8-10-26(13-18)21(27)12-15-5-6-16-3-2-4-17(16)11-15/h5-7,9,11,18H,2-4,8,10,12-14H2,1H3,(H2,22,23,24)/t18-/m0/s1. The zero-order chi connectivity index (χ0) is 18.8. The van der Waals surface area contributed by atoms with E-state index in [0.717, 1.165) is 37.3 Å². The molecule has 1 aromatic carbocycles. The van der Waals surface area contributed by atoms with Crippen LogP contribution in [0.2, 0.25) is 0 Å². The summed E-state index contributed by atoms with van der Waals surface area (Å²) in [5, 5.41) is 0. The summed E-state index contributed by atoms with van der Waals surface area (Å²) in [6.45, 7) is 2.22. The third-order valence-corrected chi connectivity index (χ3v) is 5.78. The Balaban J connectivity index is 1.32. The van der Waals surface area contributed by atoms with Crippen LogP contribution in [0, 0.1) is 0 Å². The van der Waals surface area contributed by atoms with Crippen molar-refractivity contribution in [3.63, 3.8) is 0 Å². The van der Waals surface area contributed by atoms with Crippen LogP contribution in [0.1, 0.15) is 35.4 Å². The van der Waals surface area contributed by atoms with E-state index in [4.69, 9.17) is 5.73 Å². The molecule has 2 aromatic rings. The SMILES string of the molecule is CN(Cc1nccc(N)n1)[C@H]1CCN(C(=O)Cc2ccc3c(c2)CCC3)C1. The molecule has 0 saturated carbocycles. The summed E-state index contributed by atoms with van der Waals surface area (Å²) >= 11 is 0. The maximum absolute atomic E-state index is 12.8. The van der Waals surface area contributed by atoms with Gasteiger partial charge >= 0.3 is 0 Å². The predicted molar refractivity (Wildman–Crippen MR) is 105 cm³/mol. The van der Waals surface area contributed by atoms with Crippen molar-refractivity contribution in [1.82, 2.24) is 19.8 Å². The molecule has 0 spiro atoms. The van der Waals surface area contributed by atoms with Crippen molar-refractivity contribution in [2.75, 3.05) is 25.9 Å². The first-order valence-electron chi connectivity index (χ1n) is 9.74. The fraction of sp³-hybridized carbons (Fsp3) is 0.476. The second-order valence-corrected chi connectivity index (χ2v) is 7.73. The summed E-state index contributed by atoms with van der Waals surface area (Å²) in [4.78, 5) is 25.5. The average molecular weight is 365 g/mol. The zero-order valence-electron chi connectivity index (χ0n) is 15.9. The van der Waals surface area contributed by atoms with Crippen molar-refractivity contribution in [1.29, 1.82) is 0 Å². The van der Waals surface area contributed by atoms with Crippen molar-refractivity contribution in [3.05, 3.63) is 53.0 Å². The van der Waals surface area contributed by atoms with Gasteiger partial charge in [0, 0.05) is 25.3 Å². The molecule has 1 fully saturated rings. The summed E-state index contributed by atoms with van der Waals surface area (Å²) in [5.74, 6) is 1.44. The molecule has 1 aliphatic heterocycles. The van der Waals surface area contributed by atoms with Crippen molar-refractivity contribution in [2.24, 2.45) is 0 Å². The number of aryl methyl sites for hydroxylation is 2. The van der Waals surface area contributed by atoms with Gasteiger partial charge in [-0.2, -0.15) is 0 Å². The van der Waals surface area contributed by atoms with Gasteiger partial charge in [0.25, 0.3) is 0 Å². The van der Waals surface area contributed by atoms with Crippen molar-refractivity contribution in [3.8, 4) is 0 Å². The molecule has 142 valence electrons. The van der Waals surface area contributed by atoms with Crippen LogP contribution in [0.4, 0.5) is 5.82 Å². The fourth-order valence-corrected chi connectivity index (χ4v) is 4.19. The highest BCUT2D eigenvalue weighted by atomic mass is 16.2. The number of hydrogen-bond acceptors (Lipinski definition) is 5. The number of nitrogens with two attached hydrogens (primary N) is 1. The van der Waals surface area contributed by atoms with E-state index < -0.39 is 0 Å². The van der Waals surface area contributed by atoms with E-state index in [9.17, 15) is 4.79 Å². The Morgan fingerprint density at radius 3 is 3.00 bits per heavy atom.